The van der Waals surface area contributed by atoms with E-state index in [1.165, 1.54) is 6.07 Å². The molecule has 1 aromatic carbocycles. The number of esters is 1. The average Bonchev–Trinajstić information content (AvgIpc) is 2.89. The van der Waals surface area contributed by atoms with E-state index in [-0.39, 0.29) is 31.4 Å². The molecule has 0 saturated carbocycles. The molecule has 0 aromatic heterocycles. The van der Waals surface area contributed by atoms with Crippen LogP contribution in [0, 0.1) is 0 Å². The summed E-state index contributed by atoms with van der Waals surface area (Å²) >= 11 is 0. The van der Waals surface area contributed by atoms with Gasteiger partial charge in [0.15, 0.2) is 5.54 Å². The first-order valence-corrected chi connectivity index (χ1v) is 6.91. The van der Waals surface area contributed by atoms with Crippen LogP contribution < -0.4 is 5.32 Å². The van der Waals surface area contributed by atoms with Crippen molar-refractivity contribution in [2.24, 2.45) is 4.99 Å². The minimum Gasteiger partial charge on any atom is -0.507 e. The lowest BCUT2D eigenvalue weighted by Gasteiger charge is -2.17. The van der Waals surface area contributed by atoms with Crippen molar-refractivity contribution < 1.29 is 24.2 Å². The van der Waals surface area contributed by atoms with Crippen LogP contribution in [0.3, 0.4) is 0 Å². The summed E-state index contributed by atoms with van der Waals surface area (Å²) in [4.78, 5) is 27.7. The molecule has 7 heteroatoms. The van der Waals surface area contributed by atoms with Crippen LogP contribution in [0.1, 0.15) is 19.4 Å². The fraction of sp³-hybridized carbons (Fsp3) is 0.400. The Morgan fingerprint density at radius 3 is 2.86 bits per heavy atom. The van der Waals surface area contributed by atoms with Crippen LogP contribution in [0.5, 0.6) is 5.75 Å². The monoisotopic (exact) mass is 306 g/mol. The van der Waals surface area contributed by atoms with E-state index < -0.39 is 17.4 Å². The molecule has 0 spiro atoms. The van der Waals surface area contributed by atoms with E-state index >= 15 is 0 Å². The third-order valence-corrected chi connectivity index (χ3v) is 3.16. The highest BCUT2D eigenvalue weighted by molar-refractivity contribution is 6.01. The van der Waals surface area contributed by atoms with Crippen molar-refractivity contribution in [1.82, 2.24) is 5.32 Å². The maximum atomic E-state index is 12.2. The van der Waals surface area contributed by atoms with Gasteiger partial charge in [-0.1, -0.05) is 12.1 Å². The number of rotatable bonds is 5. The van der Waals surface area contributed by atoms with Gasteiger partial charge >= 0.3 is 5.97 Å². The van der Waals surface area contributed by atoms with Crippen LogP contribution in [0.25, 0.3) is 0 Å². The number of nitrogens with zero attached hydrogens (tertiary/aromatic N) is 1. The van der Waals surface area contributed by atoms with Crippen LogP contribution in [0.4, 0.5) is 0 Å². The predicted molar refractivity (Wildman–Crippen MR) is 78.6 cm³/mol. The van der Waals surface area contributed by atoms with E-state index in [2.05, 4.69) is 10.3 Å². The zero-order valence-corrected chi connectivity index (χ0v) is 12.5. The molecule has 2 N–H and O–H groups in total. The fourth-order valence-corrected chi connectivity index (χ4v) is 1.96. The van der Waals surface area contributed by atoms with E-state index in [0.29, 0.717) is 5.56 Å². The average molecular weight is 306 g/mol. The second kappa shape index (κ2) is 6.46. The van der Waals surface area contributed by atoms with E-state index in [4.69, 9.17) is 9.47 Å². The summed E-state index contributed by atoms with van der Waals surface area (Å²) in [5.41, 5.74) is -0.728. The quantitative estimate of drug-likeness (QED) is 0.777. The van der Waals surface area contributed by atoms with Gasteiger partial charge in [-0.05, 0) is 26.0 Å². The molecule has 0 aliphatic carbocycles. The molecule has 1 amide bonds. The first kappa shape index (κ1) is 15.8. The Balaban J connectivity index is 2.07. The van der Waals surface area contributed by atoms with Gasteiger partial charge in [0.05, 0.1) is 12.2 Å². The van der Waals surface area contributed by atoms with Crippen molar-refractivity contribution in [1.29, 1.82) is 0 Å². The molecule has 22 heavy (non-hydrogen) atoms. The number of amides is 1. The number of carbonyl (C=O) groups excluding carboxylic acids is 2. The summed E-state index contributed by atoms with van der Waals surface area (Å²) in [5, 5.41) is 12.3. The van der Waals surface area contributed by atoms with Crippen molar-refractivity contribution in [3.8, 4) is 5.75 Å². The van der Waals surface area contributed by atoms with Crippen LogP contribution in [0.15, 0.2) is 29.3 Å². The summed E-state index contributed by atoms with van der Waals surface area (Å²) in [6, 6.07) is 6.57. The molecule has 7 nitrogen and oxygen atoms in total. The van der Waals surface area contributed by atoms with Gasteiger partial charge in [-0.2, -0.15) is 0 Å². The fourth-order valence-electron chi connectivity index (χ4n) is 1.96. The number of aliphatic imine (C=N–C) groups is 1. The van der Waals surface area contributed by atoms with Crippen LogP contribution in [0.2, 0.25) is 0 Å². The molecule has 0 fully saturated rings. The Morgan fingerprint density at radius 2 is 2.18 bits per heavy atom. The molecule has 0 bridgehead atoms. The molecule has 1 aliphatic heterocycles. The van der Waals surface area contributed by atoms with Crippen molar-refractivity contribution >= 4 is 17.8 Å². The number of hydrogen-bond acceptors (Lipinski definition) is 6. The summed E-state index contributed by atoms with van der Waals surface area (Å²) in [7, 11) is 0. The van der Waals surface area contributed by atoms with E-state index in [1.807, 2.05) is 0 Å². The van der Waals surface area contributed by atoms with Crippen LogP contribution in [-0.2, 0) is 19.1 Å². The second-order valence-corrected chi connectivity index (χ2v) is 4.98. The summed E-state index contributed by atoms with van der Waals surface area (Å²) in [5.74, 6) is -0.724. The van der Waals surface area contributed by atoms with Gasteiger partial charge in [-0.15, -0.1) is 0 Å². The SMILES string of the molecule is CCOC(=O)CNC(=O)C1(C)COC(c2ccccc2O)=N1. The van der Waals surface area contributed by atoms with Gasteiger partial charge in [0, 0.05) is 0 Å². The summed E-state index contributed by atoms with van der Waals surface area (Å²) in [6.07, 6.45) is 0. The van der Waals surface area contributed by atoms with Crippen molar-refractivity contribution in [3.63, 3.8) is 0 Å². The maximum absolute atomic E-state index is 12.2. The number of aromatic hydroxyl groups is 1. The van der Waals surface area contributed by atoms with Crippen LogP contribution in [-0.4, -0.2) is 48.2 Å². The number of phenols is 1. The molecule has 1 aliphatic rings. The second-order valence-electron chi connectivity index (χ2n) is 4.98. The molecule has 1 atom stereocenters. The zero-order valence-electron chi connectivity index (χ0n) is 12.5. The van der Waals surface area contributed by atoms with Gasteiger partial charge in [0.25, 0.3) is 5.91 Å². The normalized spacial score (nSPS) is 20.0. The van der Waals surface area contributed by atoms with Gasteiger partial charge < -0.3 is 19.9 Å². The number of ether oxygens (including phenoxy) is 2. The lowest BCUT2D eigenvalue weighted by atomic mass is 10.0. The molecular weight excluding hydrogens is 288 g/mol. The minimum absolute atomic E-state index is 0.0254. The Kier molecular flexibility index (Phi) is 4.65. The Hall–Kier alpha value is -2.57. The third-order valence-electron chi connectivity index (χ3n) is 3.16. The predicted octanol–water partition coefficient (Wildman–Crippen LogP) is 0.607. The first-order chi connectivity index (χ1) is 10.5. The van der Waals surface area contributed by atoms with E-state index in [1.54, 1.807) is 32.0 Å². The molecule has 0 radical (unpaired) electrons. The molecule has 1 heterocycles. The van der Waals surface area contributed by atoms with Crippen molar-refractivity contribution in [2.75, 3.05) is 19.8 Å². The van der Waals surface area contributed by atoms with Gasteiger partial charge in [0.2, 0.25) is 5.90 Å². The topological polar surface area (TPSA) is 97.2 Å². The highest BCUT2D eigenvalue weighted by Gasteiger charge is 2.40. The maximum Gasteiger partial charge on any atom is 0.325 e. The standard InChI is InChI=1S/C15H18N2O5/c1-3-21-12(19)8-16-14(20)15(2)9-22-13(17-15)10-6-4-5-7-11(10)18/h4-7,18H,3,8-9H2,1-2H3,(H,16,20). The Labute approximate surface area is 127 Å². The van der Waals surface area contributed by atoms with Crippen molar-refractivity contribution in [3.05, 3.63) is 29.8 Å². The van der Waals surface area contributed by atoms with E-state index in [9.17, 15) is 14.7 Å². The Morgan fingerprint density at radius 1 is 1.45 bits per heavy atom. The van der Waals surface area contributed by atoms with Crippen LogP contribution >= 0.6 is 0 Å². The van der Waals surface area contributed by atoms with Gasteiger partial charge in [-0.25, -0.2) is 4.99 Å². The first-order valence-electron chi connectivity index (χ1n) is 6.91. The number of hydrogen-bond donors (Lipinski definition) is 2. The smallest absolute Gasteiger partial charge is 0.325 e. The lowest BCUT2D eigenvalue weighted by molar-refractivity contribution is -0.143. The number of phenolic OH excluding ortho intramolecular Hbond substituents is 1. The molecule has 2 rings (SSSR count). The highest BCUT2D eigenvalue weighted by Crippen LogP contribution is 2.25. The molecule has 1 aromatic rings. The minimum atomic E-state index is -1.15. The Bertz CT molecular complexity index is 614. The number of nitrogens with one attached hydrogen (secondary N) is 1. The zero-order chi connectivity index (χ0) is 16.2. The van der Waals surface area contributed by atoms with Gasteiger partial charge in [0.1, 0.15) is 18.9 Å². The largest absolute Gasteiger partial charge is 0.507 e. The molecular formula is C15H18N2O5. The van der Waals surface area contributed by atoms with Crippen molar-refractivity contribution in [2.45, 2.75) is 19.4 Å². The molecule has 118 valence electrons. The summed E-state index contributed by atoms with van der Waals surface area (Å²) < 4.78 is 10.2. The third kappa shape index (κ3) is 3.36. The summed E-state index contributed by atoms with van der Waals surface area (Å²) in [6.45, 7) is 3.36. The number of carbonyl (C=O) groups is 2. The highest BCUT2D eigenvalue weighted by atomic mass is 16.5. The van der Waals surface area contributed by atoms with Gasteiger partial charge in [-0.3, -0.25) is 9.59 Å². The molecule has 0 saturated heterocycles. The number of para-hydroxylation sites is 1. The number of benzene rings is 1. The lowest BCUT2D eigenvalue weighted by Crippen LogP contribution is -2.46. The van der Waals surface area contributed by atoms with E-state index in [0.717, 1.165) is 0 Å². The molecule has 1 unspecified atom stereocenters.